The molecule has 1 aromatic rings. The van der Waals surface area contributed by atoms with Gasteiger partial charge < -0.3 is 10.6 Å². The van der Waals surface area contributed by atoms with E-state index in [0.29, 0.717) is 0 Å². The number of carbonyl (C=O) groups is 1. The van der Waals surface area contributed by atoms with E-state index in [1.807, 2.05) is 44.6 Å². The Morgan fingerprint density at radius 1 is 1.47 bits per heavy atom. The molecule has 0 saturated heterocycles. The molecule has 0 radical (unpaired) electrons. The van der Waals surface area contributed by atoms with Crippen molar-refractivity contribution in [3.05, 3.63) is 12.3 Å². The van der Waals surface area contributed by atoms with Crippen molar-refractivity contribution in [1.82, 2.24) is 15.1 Å². The topological polar surface area (TPSA) is 59.0 Å². The molecule has 1 amide bonds. The van der Waals surface area contributed by atoms with Gasteiger partial charge in [-0.2, -0.15) is 5.10 Å². The smallest absolute Gasteiger partial charge is 0.242 e. The lowest BCUT2D eigenvalue weighted by Gasteiger charge is -2.17. The Bertz CT molecular complexity index is 361. The lowest BCUT2D eigenvalue weighted by Crippen LogP contribution is -2.41. The van der Waals surface area contributed by atoms with Gasteiger partial charge in [-0.1, -0.05) is 6.92 Å². The Balaban J connectivity index is 2.47. The Kier molecular flexibility index (Phi) is 5.00. The second kappa shape index (κ2) is 6.27. The molecule has 1 heterocycles. The minimum Gasteiger partial charge on any atom is -0.357 e. The van der Waals surface area contributed by atoms with Crippen molar-refractivity contribution in [1.29, 1.82) is 0 Å². The highest BCUT2D eigenvalue weighted by molar-refractivity contribution is 5.84. The molecule has 5 nitrogen and oxygen atoms in total. The van der Waals surface area contributed by atoms with E-state index in [1.165, 1.54) is 0 Å². The van der Waals surface area contributed by atoms with Crippen molar-refractivity contribution in [2.75, 3.05) is 5.32 Å². The molecule has 2 N–H and O–H groups in total. The zero-order valence-electron chi connectivity index (χ0n) is 11.0. The predicted octanol–water partition coefficient (Wildman–Crippen LogP) is 1.62. The summed E-state index contributed by atoms with van der Waals surface area (Å²) < 4.78 is 1.82. The zero-order chi connectivity index (χ0) is 12.8. The molecule has 0 aliphatic rings. The van der Waals surface area contributed by atoms with Gasteiger partial charge in [-0.25, -0.2) is 0 Å². The summed E-state index contributed by atoms with van der Waals surface area (Å²) in [4.78, 5) is 11.8. The standard InChI is InChI=1S/C12H22N4O/c1-5-9(3)13-12(17)10(4)14-11-7-8-16(6-2)15-11/h7-10H,5-6H2,1-4H3,(H,13,17)(H,14,15). The van der Waals surface area contributed by atoms with Crippen molar-refractivity contribution in [2.24, 2.45) is 0 Å². The van der Waals surface area contributed by atoms with E-state index in [4.69, 9.17) is 0 Å². The van der Waals surface area contributed by atoms with Crippen molar-refractivity contribution < 1.29 is 4.79 Å². The maximum absolute atomic E-state index is 11.8. The average molecular weight is 238 g/mol. The van der Waals surface area contributed by atoms with Crippen molar-refractivity contribution >= 4 is 11.7 Å². The molecule has 0 fully saturated rings. The average Bonchev–Trinajstić information content (AvgIpc) is 2.76. The molecule has 96 valence electrons. The fourth-order valence-electron chi connectivity index (χ4n) is 1.37. The first-order valence-corrected chi connectivity index (χ1v) is 6.17. The van der Waals surface area contributed by atoms with Gasteiger partial charge >= 0.3 is 0 Å². The first-order chi connectivity index (χ1) is 8.06. The first-order valence-electron chi connectivity index (χ1n) is 6.17. The van der Waals surface area contributed by atoms with Crippen LogP contribution in [-0.2, 0) is 11.3 Å². The van der Waals surface area contributed by atoms with Gasteiger partial charge in [-0.3, -0.25) is 9.48 Å². The fourth-order valence-corrected chi connectivity index (χ4v) is 1.37. The van der Waals surface area contributed by atoms with E-state index in [-0.39, 0.29) is 18.0 Å². The van der Waals surface area contributed by atoms with Gasteiger partial charge in [0.05, 0.1) is 0 Å². The van der Waals surface area contributed by atoms with Gasteiger partial charge in [0.25, 0.3) is 0 Å². The number of hydrogen-bond acceptors (Lipinski definition) is 3. The summed E-state index contributed by atoms with van der Waals surface area (Å²) >= 11 is 0. The Morgan fingerprint density at radius 3 is 2.71 bits per heavy atom. The number of rotatable bonds is 6. The number of nitrogens with zero attached hydrogens (tertiary/aromatic N) is 2. The fraction of sp³-hybridized carbons (Fsp3) is 0.667. The van der Waals surface area contributed by atoms with E-state index in [2.05, 4.69) is 15.7 Å². The van der Waals surface area contributed by atoms with Crippen LogP contribution in [0.5, 0.6) is 0 Å². The molecule has 0 spiro atoms. The van der Waals surface area contributed by atoms with Crippen LogP contribution in [0.3, 0.4) is 0 Å². The van der Waals surface area contributed by atoms with Crippen LogP contribution in [0.4, 0.5) is 5.82 Å². The van der Waals surface area contributed by atoms with Gasteiger partial charge in [-0.15, -0.1) is 0 Å². The lowest BCUT2D eigenvalue weighted by molar-refractivity contribution is -0.122. The highest BCUT2D eigenvalue weighted by Gasteiger charge is 2.14. The number of carbonyl (C=O) groups excluding carboxylic acids is 1. The largest absolute Gasteiger partial charge is 0.357 e. The number of aryl methyl sites for hydroxylation is 1. The Labute approximate surface area is 103 Å². The molecule has 1 aromatic heterocycles. The van der Waals surface area contributed by atoms with E-state index in [9.17, 15) is 4.79 Å². The van der Waals surface area contributed by atoms with E-state index in [0.717, 1.165) is 18.8 Å². The van der Waals surface area contributed by atoms with Crippen LogP contribution in [0.15, 0.2) is 12.3 Å². The van der Waals surface area contributed by atoms with Gasteiger partial charge in [0.1, 0.15) is 11.9 Å². The highest BCUT2D eigenvalue weighted by atomic mass is 16.2. The predicted molar refractivity (Wildman–Crippen MR) is 68.9 cm³/mol. The molecule has 17 heavy (non-hydrogen) atoms. The van der Waals surface area contributed by atoms with Crippen molar-refractivity contribution in [2.45, 2.75) is 52.7 Å². The lowest BCUT2D eigenvalue weighted by atomic mass is 10.2. The molecule has 0 aliphatic carbocycles. The first kappa shape index (κ1) is 13.5. The minimum atomic E-state index is -0.274. The maximum atomic E-state index is 11.8. The van der Waals surface area contributed by atoms with Crippen LogP contribution < -0.4 is 10.6 Å². The SMILES string of the molecule is CCC(C)NC(=O)C(C)Nc1ccn(CC)n1. The molecular formula is C12H22N4O. The molecule has 0 aromatic carbocycles. The maximum Gasteiger partial charge on any atom is 0.242 e. The van der Waals surface area contributed by atoms with Crippen molar-refractivity contribution in [3.63, 3.8) is 0 Å². The molecule has 2 unspecified atom stereocenters. The summed E-state index contributed by atoms with van der Waals surface area (Å²) in [6.45, 7) is 8.73. The van der Waals surface area contributed by atoms with Gasteiger partial charge in [-0.05, 0) is 27.2 Å². The van der Waals surface area contributed by atoms with E-state index < -0.39 is 0 Å². The number of amides is 1. The van der Waals surface area contributed by atoms with Crippen LogP contribution in [0.25, 0.3) is 0 Å². The summed E-state index contributed by atoms with van der Waals surface area (Å²) in [6, 6.07) is 1.81. The normalized spacial score (nSPS) is 14.1. The summed E-state index contributed by atoms with van der Waals surface area (Å²) in [5, 5.41) is 10.3. The molecule has 5 heteroatoms. The molecule has 0 saturated carbocycles. The third kappa shape index (κ3) is 4.09. The van der Waals surface area contributed by atoms with Crippen LogP contribution >= 0.6 is 0 Å². The molecule has 0 bridgehead atoms. The van der Waals surface area contributed by atoms with Crippen LogP contribution in [0, 0.1) is 0 Å². The number of hydrogen-bond donors (Lipinski definition) is 2. The number of nitrogens with one attached hydrogen (secondary N) is 2. The summed E-state index contributed by atoms with van der Waals surface area (Å²) in [5.74, 6) is 0.740. The third-order valence-electron chi connectivity index (χ3n) is 2.72. The second-order valence-corrected chi connectivity index (χ2v) is 4.24. The molecule has 1 rings (SSSR count). The second-order valence-electron chi connectivity index (χ2n) is 4.24. The van der Waals surface area contributed by atoms with Crippen LogP contribution in [-0.4, -0.2) is 27.8 Å². The Morgan fingerprint density at radius 2 is 2.18 bits per heavy atom. The van der Waals surface area contributed by atoms with Crippen LogP contribution in [0.2, 0.25) is 0 Å². The third-order valence-corrected chi connectivity index (χ3v) is 2.72. The molecule has 0 aliphatic heterocycles. The van der Waals surface area contributed by atoms with Gasteiger partial charge in [0, 0.05) is 24.8 Å². The number of anilines is 1. The van der Waals surface area contributed by atoms with Gasteiger partial charge in [0.2, 0.25) is 5.91 Å². The number of aromatic nitrogens is 2. The zero-order valence-corrected chi connectivity index (χ0v) is 11.0. The quantitative estimate of drug-likeness (QED) is 0.791. The highest BCUT2D eigenvalue weighted by Crippen LogP contribution is 2.04. The van der Waals surface area contributed by atoms with Crippen molar-refractivity contribution in [3.8, 4) is 0 Å². The minimum absolute atomic E-state index is 0.00500. The Hall–Kier alpha value is -1.52. The van der Waals surface area contributed by atoms with Gasteiger partial charge in [0.15, 0.2) is 0 Å². The molecule has 2 atom stereocenters. The van der Waals surface area contributed by atoms with Crippen LogP contribution in [0.1, 0.15) is 34.1 Å². The summed E-state index contributed by atoms with van der Waals surface area (Å²) in [5.41, 5.74) is 0. The monoisotopic (exact) mass is 238 g/mol. The molecular weight excluding hydrogens is 216 g/mol. The summed E-state index contributed by atoms with van der Waals surface area (Å²) in [6.07, 6.45) is 2.82. The van der Waals surface area contributed by atoms with E-state index >= 15 is 0 Å². The van der Waals surface area contributed by atoms with E-state index in [1.54, 1.807) is 0 Å². The summed E-state index contributed by atoms with van der Waals surface area (Å²) in [7, 11) is 0.